The summed E-state index contributed by atoms with van der Waals surface area (Å²) in [5.74, 6) is -0.402. The Morgan fingerprint density at radius 2 is 2.24 bits per heavy atom. The van der Waals surface area contributed by atoms with Crippen LogP contribution in [-0.2, 0) is 19.5 Å². The summed E-state index contributed by atoms with van der Waals surface area (Å²) in [5.41, 5.74) is 1.73. The number of carboxylic acids is 1. The largest absolute Gasteiger partial charge is 0.476 e. The number of fused-ring (bicyclic) bond motifs is 1. The zero-order valence-electron chi connectivity index (χ0n) is 10.0. The molecule has 0 aromatic carbocycles. The highest BCUT2D eigenvalue weighted by molar-refractivity contribution is 5.87. The lowest BCUT2D eigenvalue weighted by molar-refractivity contribution is 0.0687. The smallest absolute Gasteiger partial charge is 0.354 e. The molecule has 0 unspecified atom stereocenters. The zero-order valence-corrected chi connectivity index (χ0v) is 10.0. The van der Waals surface area contributed by atoms with Gasteiger partial charge in [0.2, 0.25) is 0 Å². The molecule has 6 nitrogen and oxygen atoms in total. The van der Waals surface area contributed by atoms with Crippen LogP contribution in [0.15, 0.2) is 0 Å². The molecule has 1 aliphatic heterocycles. The van der Waals surface area contributed by atoms with Crippen molar-refractivity contribution >= 4 is 5.97 Å². The van der Waals surface area contributed by atoms with E-state index in [1.54, 1.807) is 0 Å². The van der Waals surface area contributed by atoms with Crippen LogP contribution in [0.1, 0.15) is 27.6 Å². The van der Waals surface area contributed by atoms with Gasteiger partial charge < -0.3 is 15.3 Å². The van der Waals surface area contributed by atoms with Gasteiger partial charge >= 0.3 is 5.97 Å². The quantitative estimate of drug-likeness (QED) is 0.762. The van der Waals surface area contributed by atoms with Gasteiger partial charge in [0.15, 0.2) is 5.69 Å². The fourth-order valence-corrected chi connectivity index (χ4v) is 1.92. The van der Waals surface area contributed by atoms with Crippen LogP contribution in [0.4, 0.5) is 0 Å². The van der Waals surface area contributed by atoms with E-state index in [9.17, 15) is 4.79 Å². The Balaban J connectivity index is 2.44. The third kappa shape index (κ3) is 2.59. The van der Waals surface area contributed by atoms with Gasteiger partial charge in [0.25, 0.3) is 0 Å². The van der Waals surface area contributed by atoms with Gasteiger partial charge in [-0.25, -0.2) is 14.8 Å². The van der Waals surface area contributed by atoms with Crippen molar-refractivity contribution in [3.8, 4) is 0 Å². The van der Waals surface area contributed by atoms with Crippen LogP contribution < -0.4 is 5.32 Å². The predicted molar refractivity (Wildman–Crippen MR) is 61.8 cm³/mol. The van der Waals surface area contributed by atoms with Crippen LogP contribution in [0.25, 0.3) is 0 Å². The Morgan fingerprint density at radius 3 is 2.88 bits per heavy atom. The summed E-state index contributed by atoms with van der Waals surface area (Å²) in [6.45, 7) is 1.94. The van der Waals surface area contributed by atoms with Crippen molar-refractivity contribution < 1.29 is 9.90 Å². The van der Waals surface area contributed by atoms with Gasteiger partial charge in [0.05, 0.1) is 12.2 Å². The van der Waals surface area contributed by atoms with Crippen LogP contribution in [0.5, 0.6) is 0 Å². The minimum absolute atomic E-state index is 0.138. The SMILES string of the molecule is CN(C)Cc1nc2c(c(C(=O)O)n1)CNCC2. The van der Waals surface area contributed by atoms with E-state index in [-0.39, 0.29) is 5.69 Å². The number of aromatic nitrogens is 2. The first-order chi connectivity index (χ1) is 8.08. The van der Waals surface area contributed by atoms with Crippen molar-refractivity contribution in [3.63, 3.8) is 0 Å². The number of hydrogen-bond acceptors (Lipinski definition) is 5. The lowest BCUT2D eigenvalue weighted by Gasteiger charge is -2.19. The average molecular weight is 236 g/mol. The number of aromatic carboxylic acids is 1. The second-order valence-corrected chi connectivity index (χ2v) is 4.38. The van der Waals surface area contributed by atoms with Crippen LogP contribution >= 0.6 is 0 Å². The third-order valence-electron chi connectivity index (χ3n) is 2.64. The Labute approximate surface area is 99.7 Å². The van der Waals surface area contributed by atoms with Crippen LogP contribution in [0.3, 0.4) is 0 Å². The Bertz CT molecular complexity index is 445. The Hall–Kier alpha value is -1.53. The van der Waals surface area contributed by atoms with E-state index in [4.69, 9.17) is 5.11 Å². The molecule has 0 fully saturated rings. The van der Waals surface area contributed by atoms with E-state index >= 15 is 0 Å². The Morgan fingerprint density at radius 1 is 1.47 bits per heavy atom. The maximum atomic E-state index is 11.2. The van der Waals surface area contributed by atoms with Crippen molar-refractivity contribution in [2.45, 2.75) is 19.5 Å². The van der Waals surface area contributed by atoms with Gasteiger partial charge in [0, 0.05) is 25.1 Å². The lowest BCUT2D eigenvalue weighted by Crippen LogP contribution is -2.29. The first kappa shape index (κ1) is 11.9. The molecule has 2 heterocycles. The maximum absolute atomic E-state index is 11.2. The van der Waals surface area contributed by atoms with Crippen LogP contribution in [0, 0.1) is 0 Å². The molecule has 1 aliphatic rings. The Kier molecular flexibility index (Phi) is 3.35. The highest BCUT2D eigenvalue weighted by Crippen LogP contribution is 2.16. The molecule has 2 rings (SSSR count). The molecule has 0 amide bonds. The molecule has 1 aromatic heterocycles. The van der Waals surface area contributed by atoms with E-state index in [1.165, 1.54) is 0 Å². The number of nitrogens with one attached hydrogen (secondary N) is 1. The van der Waals surface area contributed by atoms with E-state index < -0.39 is 5.97 Å². The molecule has 0 saturated carbocycles. The molecule has 17 heavy (non-hydrogen) atoms. The fourth-order valence-electron chi connectivity index (χ4n) is 1.92. The molecule has 0 bridgehead atoms. The predicted octanol–water partition coefficient (Wildman–Crippen LogP) is -0.118. The van der Waals surface area contributed by atoms with Crippen molar-refractivity contribution in [1.82, 2.24) is 20.2 Å². The minimum Gasteiger partial charge on any atom is -0.476 e. The molecule has 0 saturated heterocycles. The highest BCUT2D eigenvalue weighted by atomic mass is 16.4. The van der Waals surface area contributed by atoms with Gasteiger partial charge in [0.1, 0.15) is 5.82 Å². The minimum atomic E-state index is -0.979. The van der Waals surface area contributed by atoms with E-state index in [0.717, 1.165) is 24.2 Å². The number of carboxylic acid groups (broad SMARTS) is 1. The molecular weight excluding hydrogens is 220 g/mol. The van der Waals surface area contributed by atoms with Gasteiger partial charge in [-0.05, 0) is 14.1 Å². The van der Waals surface area contributed by atoms with E-state index in [0.29, 0.717) is 18.9 Å². The molecule has 0 aliphatic carbocycles. The van der Waals surface area contributed by atoms with E-state index in [1.807, 2.05) is 19.0 Å². The zero-order chi connectivity index (χ0) is 12.4. The second kappa shape index (κ2) is 4.77. The van der Waals surface area contributed by atoms with Crippen molar-refractivity contribution in [2.75, 3.05) is 20.6 Å². The summed E-state index contributed by atoms with van der Waals surface area (Å²) >= 11 is 0. The topological polar surface area (TPSA) is 78.4 Å². The molecule has 0 radical (unpaired) electrons. The van der Waals surface area contributed by atoms with Crippen molar-refractivity contribution in [1.29, 1.82) is 0 Å². The molecule has 0 spiro atoms. The van der Waals surface area contributed by atoms with Crippen molar-refractivity contribution in [2.24, 2.45) is 0 Å². The molecule has 92 valence electrons. The summed E-state index contributed by atoms with van der Waals surface area (Å²) in [6, 6.07) is 0. The first-order valence-electron chi connectivity index (χ1n) is 5.55. The maximum Gasteiger partial charge on any atom is 0.354 e. The van der Waals surface area contributed by atoms with Crippen LogP contribution in [-0.4, -0.2) is 46.6 Å². The van der Waals surface area contributed by atoms with E-state index in [2.05, 4.69) is 15.3 Å². The van der Waals surface area contributed by atoms with Crippen LogP contribution in [0.2, 0.25) is 0 Å². The summed E-state index contributed by atoms with van der Waals surface area (Å²) < 4.78 is 0. The monoisotopic (exact) mass is 236 g/mol. The van der Waals surface area contributed by atoms with Gasteiger partial charge in [-0.15, -0.1) is 0 Å². The normalized spacial score (nSPS) is 14.8. The number of hydrogen-bond donors (Lipinski definition) is 2. The van der Waals surface area contributed by atoms with Gasteiger partial charge in [-0.2, -0.15) is 0 Å². The number of rotatable bonds is 3. The second-order valence-electron chi connectivity index (χ2n) is 4.38. The lowest BCUT2D eigenvalue weighted by atomic mass is 10.1. The molecule has 6 heteroatoms. The third-order valence-corrected chi connectivity index (χ3v) is 2.64. The standard InChI is InChI=1S/C11H16N4O2/c1-15(2)6-9-13-8-3-4-12-5-7(8)10(14-9)11(16)17/h12H,3-6H2,1-2H3,(H,16,17). The fraction of sp³-hybridized carbons (Fsp3) is 0.545. The summed E-state index contributed by atoms with van der Waals surface area (Å²) in [5, 5.41) is 12.3. The molecule has 1 aromatic rings. The molecule has 0 atom stereocenters. The summed E-state index contributed by atoms with van der Waals surface area (Å²) in [4.78, 5) is 21.7. The number of carbonyl (C=O) groups is 1. The van der Waals surface area contributed by atoms with Crippen molar-refractivity contribution in [3.05, 3.63) is 22.8 Å². The first-order valence-corrected chi connectivity index (χ1v) is 5.55. The highest BCUT2D eigenvalue weighted by Gasteiger charge is 2.21. The average Bonchev–Trinajstić information content (AvgIpc) is 2.27. The van der Waals surface area contributed by atoms with Gasteiger partial charge in [-0.1, -0.05) is 0 Å². The summed E-state index contributed by atoms with van der Waals surface area (Å²) in [6.07, 6.45) is 0.762. The summed E-state index contributed by atoms with van der Waals surface area (Å²) in [7, 11) is 3.82. The molecule has 2 N–H and O–H groups in total. The van der Waals surface area contributed by atoms with Gasteiger partial charge in [-0.3, -0.25) is 0 Å². The molecular formula is C11H16N4O2. The number of nitrogens with zero attached hydrogens (tertiary/aromatic N) is 3.